The second-order valence-corrected chi connectivity index (χ2v) is 4.92. The third-order valence-electron chi connectivity index (χ3n) is 2.95. The molecule has 4 N–H and O–H groups in total. The zero-order valence-corrected chi connectivity index (χ0v) is 14.8. The lowest BCUT2D eigenvalue weighted by molar-refractivity contribution is -0.274. The van der Waals surface area contributed by atoms with Gasteiger partial charge in [0, 0.05) is 19.2 Å². The van der Waals surface area contributed by atoms with Crippen LogP contribution in [-0.2, 0) is 0 Å². The Kier molecular flexibility index (Phi) is 8.58. The standard InChI is InChI=1S/C14H16F3N5O.2ClH/c1-9-5-6-22(8-9)13(19)21-12(18)20-10-3-2-4-11(7-10)23-14(15,16)17;;/h2-5,7H,6,8H2,1H3,(H4,18,19,20,21);2*1H. The van der Waals surface area contributed by atoms with Crippen molar-refractivity contribution < 1.29 is 17.9 Å². The zero-order chi connectivity index (χ0) is 17.0. The second kappa shape index (κ2) is 9.38. The largest absolute Gasteiger partial charge is 0.573 e. The SMILES string of the molecule is CC1=CCN(/C(N)=N\C(N)=Nc2cccc(OC(F)(F)F)c2)C1.Cl.Cl. The first-order valence-corrected chi connectivity index (χ1v) is 6.67. The van der Waals surface area contributed by atoms with Gasteiger partial charge in [-0.25, -0.2) is 4.99 Å². The number of halogens is 5. The number of hydrogen-bond acceptors (Lipinski definition) is 2. The molecule has 0 radical (unpaired) electrons. The summed E-state index contributed by atoms with van der Waals surface area (Å²) >= 11 is 0. The maximum Gasteiger partial charge on any atom is 0.573 e. The summed E-state index contributed by atoms with van der Waals surface area (Å²) in [4.78, 5) is 9.65. The van der Waals surface area contributed by atoms with Gasteiger partial charge in [-0.15, -0.1) is 38.0 Å². The maximum atomic E-state index is 12.2. The molecular formula is C14H18Cl2F3N5O. The highest BCUT2D eigenvalue weighted by atomic mass is 35.5. The van der Waals surface area contributed by atoms with Gasteiger partial charge in [-0.2, -0.15) is 4.99 Å². The monoisotopic (exact) mass is 399 g/mol. The van der Waals surface area contributed by atoms with Crippen molar-refractivity contribution >= 4 is 42.4 Å². The van der Waals surface area contributed by atoms with Crippen LogP contribution in [0.5, 0.6) is 5.75 Å². The average molecular weight is 400 g/mol. The third-order valence-corrected chi connectivity index (χ3v) is 2.95. The molecule has 25 heavy (non-hydrogen) atoms. The quantitative estimate of drug-likeness (QED) is 0.454. The Morgan fingerprint density at radius 3 is 2.48 bits per heavy atom. The van der Waals surface area contributed by atoms with Crippen molar-refractivity contribution in [2.45, 2.75) is 13.3 Å². The fourth-order valence-electron chi connectivity index (χ4n) is 1.97. The molecule has 0 saturated heterocycles. The molecule has 0 amide bonds. The van der Waals surface area contributed by atoms with E-state index in [-0.39, 0.29) is 48.2 Å². The molecule has 6 nitrogen and oxygen atoms in total. The van der Waals surface area contributed by atoms with Gasteiger partial charge in [-0.1, -0.05) is 17.7 Å². The number of aliphatic imine (C=N–C) groups is 2. The Balaban J connectivity index is 0.00000288. The zero-order valence-electron chi connectivity index (χ0n) is 13.2. The number of hydrogen-bond donors (Lipinski definition) is 2. The summed E-state index contributed by atoms with van der Waals surface area (Å²) in [6, 6.07) is 5.12. The lowest BCUT2D eigenvalue weighted by Crippen LogP contribution is -2.37. The number of nitrogens with two attached hydrogens (primary N) is 2. The van der Waals surface area contributed by atoms with E-state index in [1.807, 2.05) is 13.0 Å². The van der Waals surface area contributed by atoms with E-state index in [0.717, 1.165) is 11.6 Å². The van der Waals surface area contributed by atoms with Crippen LogP contribution in [0.25, 0.3) is 0 Å². The highest BCUT2D eigenvalue weighted by Crippen LogP contribution is 2.26. The lowest BCUT2D eigenvalue weighted by atomic mass is 10.3. The van der Waals surface area contributed by atoms with Crippen molar-refractivity contribution in [3.63, 3.8) is 0 Å². The number of ether oxygens (including phenoxy) is 1. The van der Waals surface area contributed by atoms with E-state index in [9.17, 15) is 13.2 Å². The van der Waals surface area contributed by atoms with E-state index in [4.69, 9.17) is 11.5 Å². The van der Waals surface area contributed by atoms with E-state index >= 15 is 0 Å². The van der Waals surface area contributed by atoms with Crippen LogP contribution in [0.1, 0.15) is 6.92 Å². The highest BCUT2D eigenvalue weighted by Gasteiger charge is 2.31. The van der Waals surface area contributed by atoms with Gasteiger partial charge in [-0.05, 0) is 19.1 Å². The summed E-state index contributed by atoms with van der Waals surface area (Å²) in [6.07, 6.45) is -2.76. The van der Waals surface area contributed by atoms with Crippen molar-refractivity contribution in [3.8, 4) is 5.75 Å². The summed E-state index contributed by atoms with van der Waals surface area (Å²) in [5.41, 5.74) is 12.8. The molecular weight excluding hydrogens is 382 g/mol. The molecule has 1 aliphatic rings. The van der Waals surface area contributed by atoms with Crippen LogP contribution < -0.4 is 16.2 Å². The van der Waals surface area contributed by atoms with E-state index in [1.165, 1.54) is 18.2 Å². The molecule has 1 aliphatic heterocycles. The first-order valence-electron chi connectivity index (χ1n) is 6.67. The highest BCUT2D eigenvalue weighted by molar-refractivity contribution is 5.94. The maximum absolute atomic E-state index is 12.2. The molecule has 0 spiro atoms. The van der Waals surface area contributed by atoms with Crippen LogP contribution in [0.3, 0.4) is 0 Å². The smallest absolute Gasteiger partial charge is 0.406 e. The van der Waals surface area contributed by atoms with E-state index in [1.54, 1.807) is 4.90 Å². The van der Waals surface area contributed by atoms with Gasteiger partial charge >= 0.3 is 6.36 Å². The Morgan fingerprint density at radius 1 is 1.24 bits per heavy atom. The first-order chi connectivity index (χ1) is 10.7. The number of nitrogens with zero attached hydrogens (tertiary/aromatic N) is 3. The molecule has 0 aliphatic carbocycles. The van der Waals surface area contributed by atoms with E-state index < -0.39 is 6.36 Å². The molecule has 140 valence electrons. The first kappa shape index (κ1) is 22.9. The van der Waals surface area contributed by atoms with E-state index in [2.05, 4.69) is 14.7 Å². The molecule has 0 fully saturated rings. The lowest BCUT2D eigenvalue weighted by Gasteiger charge is -2.16. The molecule has 2 rings (SSSR count). The van der Waals surface area contributed by atoms with Gasteiger partial charge < -0.3 is 21.1 Å². The van der Waals surface area contributed by atoms with Gasteiger partial charge in [0.25, 0.3) is 0 Å². The van der Waals surface area contributed by atoms with Crippen LogP contribution in [-0.4, -0.2) is 36.3 Å². The van der Waals surface area contributed by atoms with Crippen LogP contribution in [0, 0.1) is 0 Å². The molecule has 0 bridgehead atoms. The average Bonchev–Trinajstić information content (AvgIpc) is 2.83. The molecule has 11 heteroatoms. The Bertz CT molecular complexity index is 677. The van der Waals surface area contributed by atoms with Crippen molar-refractivity contribution in [2.75, 3.05) is 13.1 Å². The predicted octanol–water partition coefficient (Wildman–Crippen LogP) is 2.95. The summed E-state index contributed by atoms with van der Waals surface area (Å²) in [6.45, 7) is 3.25. The summed E-state index contributed by atoms with van der Waals surface area (Å²) in [5.74, 6) is -0.346. The molecule has 0 aromatic heterocycles. The van der Waals surface area contributed by atoms with Crippen molar-refractivity contribution in [1.82, 2.24) is 4.90 Å². The minimum absolute atomic E-state index is 0. The summed E-state index contributed by atoms with van der Waals surface area (Å²) < 4.78 is 40.4. The minimum atomic E-state index is -4.77. The number of benzene rings is 1. The van der Waals surface area contributed by atoms with Crippen molar-refractivity contribution in [2.24, 2.45) is 21.5 Å². The fourth-order valence-corrected chi connectivity index (χ4v) is 1.97. The molecule has 1 heterocycles. The van der Waals surface area contributed by atoms with Crippen LogP contribution in [0.2, 0.25) is 0 Å². The number of alkyl halides is 3. The summed E-state index contributed by atoms with van der Waals surface area (Å²) in [5, 5.41) is 0. The van der Waals surface area contributed by atoms with Gasteiger partial charge in [0.1, 0.15) is 5.75 Å². The molecule has 0 saturated carbocycles. The van der Waals surface area contributed by atoms with Crippen molar-refractivity contribution in [3.05, 3.63) is 35.9 Å². The van der Waals surface area contributed by atoms with Gasteiger partial charge in [0.15, 0.2) is 5.96 Å². The van der Waals surface area contributed by atoms with Crippen LogP contribution in [0.4, 0.5) is 18.9 Å². The van der Waals surface area contributed by atoms with Gasteiger partial charge in [0.2, 0.25) is 5.96 Å². The Morgan fingerprint density at radius 2 is 1.92 bits per heavy atom. The number of rotatable bonds is 2. The second-order valence-electron chi connectivity index (χ2n) is 4.92. The Hall–Kier alpha value is -2.13. The van der Waals surface area contributed by atoms with E-state index in [0.29, 0.717) is 13.1 Å². The topological polar surface area (TPSA) is 89.2 Å². The van der Waals surface area contributed by atoms with Crippen LogP contribution in [0.15, 0.2) is 45.9 Å². The Labute approximate surface area is 155 Å². The normalized spacial score (nSPS) is 15.2. The predicted molar refractivity (Wildman–Crippen MR) is 95.9 cm³/mol. The molecule has 1 aromatic rings. The van der Waals surface area contributed by atoms with Crippen molar-refractivity contribution in [1.29, 1.82) is 0 Å². The minimum Gasteiger partial charge on any atom is -0.406 e. The molecule has 1 aromatic carbocycles. The fraction of sp³-hybridized carbons (Fsp3) is 0.286. The van der Waals surface area contributed by atoms with Gasteiger partial charge in [0.05, 0.1) is 5.69 Å². The molecule has 0 unspecified atom stereocenters. The number of guanidine groups is 2. The summed E-state index contributed by atoms with van der Waals surface area (Å²) in [7, 11) is 0. The van der Waals surface area contributed by atoms with Crippen LogP contribution >= 0.6 is 24.8 Å². The van der Waals surface area contributed by atoms with Gasteiger partial charge in [-0.3, -0.25) is 0 Å². The third kappa shape index (κ3) is 7.53. The molecule has 0 atom stereocenters.